The van der Waals surface area contributed by atoms with Crippen LogP contribution in [0.3, 0.4) is 0 Å². The van der Waals surface area contributed by atoms with Gasteiger partial charge in [-0.1, -0.05) is 6.07 Å². The lowest BCUT2D eigenvalue weighted by Gasteiger charge is -2.01. The van der Waals surface area contributed by atoms with Gasteiger partial charge in [0.05, 0.1) is 0 Å². The van der Waals surface area contributed by atoms with Crippen LogP contribution in [0.5, 0.6) is 0 Å². The van der Waals surface area contributed by atoms with Crippen LogP contribution < -0.4 is 5.32 Å². The molecule has 0 aliphatic heterocycles. The number of oxazole rings is 1. The van der Waals surface area contributed by atoms with Gasteiger partial charge in [0, 0.05) is 31.9 Å². The van der Waals surface area contributed by atoms with E-state index in [2.05, 4.69) is 20.3 Å². The number of nitrogens with one attached hydrogen (secondary N) is 1. The van der Waals surface area contributed by atoms with Gasteiger partial charge >= 0.3 is 0 Å². The van der Waals surface area contributed by atoms with Crippen LogP contribution in [-0.4, -0.2) is 22.0 Å². The number of aryl methyl sites for hydroxylation is 1. The van der Waals surface area contributed by atoms with Crippen LogP contribution in [0.15, 0.2) is 35.0 Å². The Balaban J connectivity index is 2.06. The van der Waals surface area contributed by atoms with Crippen LogP contribution in [-0.2, 0) is 0 Å². The molecule has 2 heterocycles. The third kappa shape index (κ3) is 1.79. The monoisotopic (exact) mass is 240 g/mol. The summed E-state index contributed by atoms with van der Waals surface area (Å²) in [6, 6.07) is 5.88. The van der Waals surface area contributed by atoms with E-state index in [0.29, 0.717) is 11.8 Å². The maximum atomic E-state index is 5.51. The van der Waals surface area contributed by atoms with Gasteiger partial charge in [0.25, 0.3) is 0 Å². The highest BCUT2D eigenvalue weighted by Crippen LogP contribution is 2.24. The summed E-state index contributed by atoms with van der Waals surface area (Å²) in [5, 5.41) is 2.89. The van der Waals surface area contributed by atoms with Crippen molar-refractivity contribution in [3.05, 3.63) is 36.5 Å². The molecule has 0 bridgehead atoms. The first-order valence-corrected chi connectivity index (χ1v) is 5.63. The van der Waals surface area contributed by atoms with E-state index < -0.39 is 0 Å². The molecule has 0 fully saturated rings. The maximum Gasteiger partial charge on any atom is 0.222 e. The first kappa shape index (κ1) is 10.7. The number of anilines is 1. The summed E-state index contributed by atoms with van der Waals surface area (Å²) in [6.45, 7) is 1.84. The lowest BCUT2D eigenvalue weighted by atomic mass is 10.1. The van der Waals surface area contributed by atoms with Crippen LogP contribution in [0.2, 0.25) is 0 Å². The topological polar surface area (TPSA) is 63.8 Å². The first-order chi connectivity index (χ1) is 8.76. The molecule has 0 amide bonds. The Kier molecular flexibility index (Phi) is 2.44. The number of nitrogens with zero attached hydrogens (tertiary/aromatic N) is 3. The molecule has 5 heteroatoms. The van der Waals surface area contributed by atoms with Crippen molar-refractivity contribution in [2.45, 2.75) is 6.92 Å². The quantitative estimate of drug-likeness (QED) is 0.746. The molecular weight excluding hydrogens is 228 g/mol. The van der Waals surface area contributed by atoms with E-state index in [0.717, 1.165) is 22.2 Å². The van der Waals surface area contributed by atoms with E-state index in [1.54, 1.807) is 19.4 Å². The average Bonchev–Trinajstić information content (AvgIpc) is 2.78. The van der Waals surface area contributed by atoms with E-state index in [1.165, 1.54) is 0 Å². The molecule has 1 N–H and O–H groups in total. The number of aromatic nitrogens is 3. The van der Waals surface area contributed by atoms with Gasteiger partial charge in [-0.2, -0.15) is 0 Å². The van der Waals surface area contributed by atoms with Crippen molar-refractivity contribution in [1.82, 2.24) is 15.0 Å². The second-order valence-corrected chi connectivity index (χ2v) is 3.96. The fraction of sp³-hybridized carbons (Fsp3) is 0.154. The Bertz CT molecular complexity index is 688. The molecule has 0 aliphatic rings. The smallest absolute Gasteiger partial charge is 0.222 e. The van der Waals surface area contributed by atoms with Crippen molar-refractivity contribution < 1.29 is 4.42 Å². The molecular formula is C13H12N4O. The third-order valence-corrected chi connectivity index (χ3v) is 2.70. The highest BCUT2D eigenvalue weighted by molar-refractivity contribution is 5.79. The third-order valence-electron chi connectivity index (χ3n) is 2.70. The zero-order chi connectivity index (χ0) is 12.5. The van der Waals surface area contributed by atoms with Crippen molar-refractivity contribution >= 4 is 17.0 Å². The van der Waals surface area contributed by atoms with Crippen molar-refractivity contribution in [2.75, 3.05) is 12.4 Å². The number of rotatable bonds is 2. The van der Waals surface area contributed by atoms with Gasteiger partial charge in [0.15, 0.2) is 11.5 Å². The molecule has 90 valence electrons. The lowest BCUT2D eigenvalue weighted by Crippen LogP contribution is -1.95. The molecule has 0 saturated carbocycles. The minimum atomic E-state index is 0.607. The van der Waals surface area contributed by atoms with Crippen LogP contribution in [0, 0.1) is 6.92 Å². The minimum absolute atomic E-state index is 0.607. The SMILES string of the molecule is CNc1ncc(-c2ccc3nc(C)oc3c2)cn1. The fourth-order valence-electron chi connectivity index (χ4n) is 1.83. The predicted molar refractivity (Wildman–Crippen MR) is 69.3 cm³/mol. The van der Waals surface area contributed by atoms with Gasteiger partial charge in [-0.3, -0.25) is 0 Å². The summed E-state index contributed by atoms with van der Waals surface area (Å²) in [6.07, 6.45) is 3.56. The summed E-state index contributed by atoms with van der Waals surface area (Å²) in [7, 11) is 1.79. The number of hydrogen-bond donors (Lipinski definition) is 1. The summed E-state index contributed by atoms with van der Waals surface area (Å²) >= 11 is 0. The first-order valence-electron chi connectivity index (χ1n) is 5.63. The Morgan fingerprint density at radius 1 is 1.11 bits per heavy atom. The standard InChI is InChI=1S/C13H12N4O/c1-8-17-11-4-3-9(5-12(11)18-8)10-6-15-13(14-2)16-7-10/h3-7H,1-2H3,(H,14,15,16). The Morgan fingerprint density at radius 3 is 2.61 bits per heavy atom. The van der Waals surface area contributed by atoms with Crippen LogP contribution in [0.1, 0.15) is 5.89 Å². The van der Waals surface area contributed by atoms with Gasteiger partial charge in [-0.15, -0.1) is 0 Å². The molecule has 0 saturated heterocycles. The van der Waals surface area contributed by atoms with Gasteiger partial charge in [0.2, 0.25) is 5.95 Å². The predicted octanol–water partition coefficient (Wildman–Crippen LogP) is 2.63. The number of fused-ring (bicyclic) bond motifs is 1. The molecule has 2 aromatic heterocycles. The molecule has 5 nitrogen and oxygen atoms in total. The number of hydrogen-bond acceptors (Lipinski definition) is 5. The highest BCUT2D eigenvalue weighted by atomic mass is 16.3. The summed E-state index contributed by atoms with van der Waals surface area (Å²) < 4.78 is 5.51. The van der Waals surface area contributed by atoms with Gasteiger partial charge < -0.3 is 9.73 Å². The second-order valence-electron chi connectivity index (χ2n) is 3.96. The summed E-state index contributed by atoms with van der Waals surface area (Å²) in [4.78, 5) is 12.6. The molecule has 3 aromatic rings. The molecule has 0 aliphatic carbocycles. The molecule has 3 rings (SSSR count). The van der Waals surface area contributed by atoms with Gasteiger partial charge in [-0.05, 0) is 17.7 Å². The Morgan fingerprint density at radius 2 is 1.89 bits per heavy atom. The molecule has 1 aromatic carbocycles. The van der Waals surface area contributed by atoms with Crippen molar-refractivity contribution in [3.63, 3.8) is 0 Å². The fourth-order valence-corrected chi connectivity index (χ4v) is 1.83. The zero-order valence-electron chi connectivity index (χ0n) is 10.1. The van der Waals surface area contributed by atoms with Gasteiger partial charge in [0.1, 0.15) is 5.52 Å². The molecule has 0 unspecified atom stereocenters. The van der Waals surface area contributed by atoms with Gasteiger partial charge in [-0.25, -0.2) is 15.0 Å². The Hall–Kier alpha value is -2.43. The van der Waals surface area contributed by atoms with E-state index >= 15 is 0 Å². The largest absolute Gasteiger partial charge is 0.441 e. The average molecular weight is 240 g/mol. The van der Waals surface area contributed by atoms with Crippen molar-refractivity contribution in [2.24, 2.45) is 0 Å². The number of benzene rings is 1. The van der Waals surface area contributed by atoms with Crippen LogP contribution in [0.4, 0.5) is 5.95 Å². The summed E-state index contributed by atoms with van der Waals surface area (Å²) in [5.74, 6) is 1.28. The summed E-state index contributed by atoms with van der Waals surface area (Å²) in [5.41, 5.74) is 3.61. The highest BCUT2D eigenvalue weighted by Gasteiger charge is 2.05. The van der Waals surface area contributed by atoms with E-state index in [4.69, 9.17) is 4.42 Å². The minimum Gasteiger partial charge on any atom is -0.441 e. The molecule has 18 heavy (non-hydrogen) atoms. The normalized spacial score (nSPS) is 10.8. The molecule has 0 atom stereocenters. The van der Waals surface area contributed by atoms with Crippen molar-refractivity contribution in [1.29, 1.82) is 0 Å². The zero-order valence-corrected chi connectivity index (χ0v) is 10.1. The Labute approximate surface area is 104 Å². The maximum absolute atomic E-state index is 5.51. The van der Waals surface area contributed by atoms with Crippen LogP contribution in [0.25, 0.3) is 22.2 Å². The molecule has 0 spiro atoms. The lowest BCUT2D eigenvalue weighted by molar-refractivity contribution is 0.561. The van der Waals surface area contributed by atoms with E-state index in [1.807, 2.05) is 25.1 Å². The van der Waals surface area contributed by atoms with E-state index in [-0.39, 0.29) is 0 Å². The second kappa shape index (κ2) is 4.10. The molecule has 0 radical (unpaired) electrons. The van der Waals surface area contributed by atoms with Crippen LogP contribution >= 0.6 is 0 Å². The van der Waals surface area contributed by atoms with Crippen molar-refractivity contribution in [3.8, 4) is 11.1 Å². The van der Waals surface area contributed by atoms with E-state index in [9.17, 15) is 0 Å².